The van der Waals surface area contributed by atoms with Gasteiger partial charge in [0.05, 0.1) is 13.2 Å². The van der Waals surface area contributed by atoms with E-state index in [1.807, 2.05) is 0 Å². The SMILES string of the molecule is O=S(=O)(Cl)c1cc(Br)ccc1OCC1CCOC1. The molecule has 0 saturated carbocycles. The molecule has 2 rings (SSSR count). The fourth-order valence-corrected chi connectivity index (χ4v) is 3.22. The smallest absolute Gasteiger partial charge is 0.265 e. The molecule has 1 aliphatic rings. The molecule has 0 spiro atoms. The van der Waals surface area contributed by atoms with Gasteiger partial charge in [-0.1, -0.05) is 15.9 Å². The summed E-state index contributed by atoms with van der Waals surface area (Å²) >= 11 is 3.21. The van der Waals surface area contributed by atoms with E-state index in [0.29, 0.717) is 23.6 Å². The average Bonchev–Trinajstić information content (AvgIpc) is 2.79. The molecular formula is C11H12BrClO4S. The summed E-state index contributed by atoms with van der Waals surface area (Å²) in [6.07, 6.45) is 0.930. The van der Waals surface area contributed by atoms with Crippen LogP contribution in [0.5, 0.6) is 5.75 Å². The number of hydrogen-bond donors (Lipinski definition) is 0. The van der Waals surface area contributed by atoms with Crippen LogP contribution < -0.4 is 4.74 Å². The van der Waals surface area contributed by atoms with E-state index in [9.17, 15) is 8.42 Å². The lowest BCUT2D eigenvalue weighted by Crippen LogP contribution is -2.12. The van der Waals surface area contributed by atoms with Gasteiger partial charge in [-0.05, 0) is 24.6 Å². The van der Waals surface area contributed by atoms with Crippen molar-refractivity contribution in [3.63, 3.8) is 0 Å². The maximum absolute atomic E-state index is 11.4. The molecule has 1 atom stereocenters. The van der Waals surface area contributed by atoms with Gasteiger partial charge in [0, 0.05) is 27.7 Å². The van der Waals surface area contributed by atoms with Gasteiger partial charge in [-0.3, -0.25) is 0 Å². The van der Waals surface area contributed by atoms with Crippen LogP contribution in [-0.2, 0) is 13.8 Å². The molecule has 1 heterocycles. The summed E-state index contributed by atoms with van der Waals surface area (Å²) in [6, 6.07) is 4.74. The molecule has 1 fully saturated rings. The minimum Gasteiger partial charge on any atom is -0.492 e. The molecule has 1 aliphatic heterocycles. The normalized spacial score (nSPS) is 20.0. The summed E-state index contributed by atoms with van der Waals surface area (Å²) in [5, 5.41) is 0. The molecule has 0 aliphatic carbocycles. The molecule has 1 saturated heterocycles. The van der Waals surface area contributed by atoms with Crippen LogP contribution in [0.3, 0.4) is 0 Å². The van der Waals surface area contributed by atoms with Gasteiger partial charge in [0.15, 0.2) is 0 Å². The standard InChI is InChI=1S/C11H12BrClO4S/c12-9-1-2-10(11(5-9)18(13,14)15)17-7-8-3-4-16-6-8/h1-2,5,8H,3-4,6-7H2. The fraction of sp³-hybridized carbons (Fsp3) is 0.455. The molecule has 0 aromatic heterocycles. The van der Waals surface area contributed by atoms with Crippen molar-refractivity contribution in [2.45, 2.75) is 11.3 Å². The van der Waals surface area contributed by atoms with Crippen molar-refractivity contribution < 1.29 is 17.9 Å². The number of rotatable bonds is 4. The van der Waals surface area contributed by atoms with Crippen molar-refractivity contribution >= 4 is 35.7 Å². The molecule has 0 radical (unpaired) electrons. The van der Waals surface area contributed by atoms with E-state index < -0.39 is 9.05 Å². The average molecular weight is 356 g/mol. The third kappa shape index (κ3) is 3.60. The highest BCUT2D eigenvalue weighted by Crippen LogP contribution is 2.30. The molecule has 18 heavy (non-hydrogen) atoms. The van der Waals surface area contributed by atoms with E-state index in [0.717, 1.165) is 13.0 Å². The first-order valence-electron chi connectivity index (χ1n) is 5.41. The molecule has 100 valence electrons. The van der Waals surface area contributed by atoms with E-state index in [2.05, 4.69) is 15.9 Å². The molecule has 0 N–H and O–H groups in total. The molecule has 1 aromatic carbocycles. The van der Waals surface area contributed by atoms with Gasteiger partial charge in [-0.15, -0.1) is 0 Å². The van der Waals surface area contributed by atoms with Crippen LogP contribution >= 0.6 is 26.6 Å². The largest absolute Gasteiger partial charge is 0.492 e. The Kier molecular flexibility index (Phi) is 4.53. The summed E-state index contributed by atoms with van der Waals surface area (Å²) in [6.45, 7) is 1.82. The Bertz CT molecular complexity index is 526. The Balaban J connectivity index is 2.16. The van der Waals surface area contributed by atoms with Gasteiger partial charge in [0.2, 0.25) is 0 Å². The van der Waals surface area contributed by atoms with Gasteiger partial charge in [0.25, 0.3) is 9.05 Å². The summed E-state index contributed by atoms with van der Waals surface area (Å²) in [4.78, 5) is -0.0162. The second-order valence-corrected chi connectivity index (χ2v) is 7.52. The van der Waals surface area contributed by atoms with Crippen molar-refractivity contribution in [1.82, 2.24) is 0 Å². The van der Waals surface area contributed by atoms with Gasteiger partial charge >= 0.3 is 0 Å². The maximum Gasteiger partial charge on any atom is 0.265 e. The monoisotopic (exact) mass is 354 g/mol. The van der Waals surface area contributed by atoms with E-state index in [-0.39, 0.29) is 10.6 Å². The van der Waals surface area contributed by atoms with Crippen LogP contribution in [0.15, 0.2) is 27.6 Å². The van der Waals surface area contributed by atoms with E-state index in [4.69, 9.17) is 20.2 Å². The van der Waals surface area contributed by atoms with Crippen molar-refractivity contribution in [2.24, 2.45) is 5.92 Å². The molecule has 4 nitrogen and oxygen atoms in total. The zero-order valence-corrected chi connectivity index (χ0v) is 12.6. The predicted molar refractivity (Wildman–Crippen MR) is 71.6 cm³/mol. The van der Waals surface area contributed by atoms with E-state index in [1.165, 1.54) is 6.07 Å². The van der Waals surface area contributed by atoms with Crippen molar-refractivity contribution in [3.05, 3.63) is 22.7 Å². The lowest BCUT2D eigenvalue weighted by Gasteiger charge is -2.12. The lowest BCUT2D eigenvalue weighted by molar-refractivity contribution is 0.166. The Morgan fingerprint density at radius 2 is 2.28 bits per heavy atom. The van der Waals surface area contributed by atoms with Crippen LogP contribution in [0.2, 0.25) is 0 Å². The van der Waals surface area contributed by atoms with Crippen molar-refractivity contribution in [1.29, 1.82) is 0 Å². The molecule has 0 bridgehead atoms. The number of halogens is 2. The Hall–Kier alpha value is -0.300. The molecule has 1 aromatic rings. The zero-order chi connectivity index (χ0) is 13.2. The summed E-state index contributed by atoms with van der Waals surface area (Å²) in [5.74, 6) is 0.583. The van der Waals surface area contributed by atoms with Gasteiger partial charge in [0.1, 0.15) is 10.6 Å². The van der Waals surface area contributed by atoms with Crippen LogP contribution in [0.25, 0.3) is 0 Å². The molecule has 7 heteroatoms. The maximum atomic E-state index is 11.4. The summed E-state index contributed by atoms with van der Waals surface area (Å²) in [7, 11) is 1.56. The highest BCUT2D eigenvalue weighted by molar-refractivity contribution is 9.10. The minimum atomic E-state index is -3.82. The Labute approximate surface area is 119 Å². The highest BCUT2D eigenvalue weighted by Gasteiger charge is 2.20. The number of hydrogen-bond acceptors (Lipinski definition) is 4. The molecule has 0 amide bonds. The van der Waals surface area contributed by atoms with Gasteiger partial charge in [-0.2, -0.15) is 0 Å². The first-order chi connectivity index (χ1) is 8.47. The number of benzene rings is 1. The Morgan fingerprint density at radius 3 is 2.89 bits per heavy atom. The van der Waals surface area contributed by atoms with Crippen LogP contribution in [0.4, 0.5) is 0 Å². The fourth-order valence-electron chi connectivity index (χ4n) is 1.71. The lowest BCUT2D eigenvalue weighted by atomic mass is 10.1. The zero-order valence-electron chi connectivity index (χ0n) is 9.43. The first kappa shape index (κ1) is 14.1. The van der Waals surface area contributed by atoms with E-state index >= 15 is 0 Å². The van der Waals surface area contributed by atoms with Gasteiger partial charge in [-0.25, -0.2) is 8.42 Å². The van der Waals surface area contributed by atoms with Crippen molar-refractivity contribution in [2.75, 3.05) is 19.8 Å². The summed E-state index contributed by atoms with van der Waals surface area (Å²) in [5.41, 5.74) is 0. The third-order valence-corrected chi connectivity index (χ3v) is 4.50. The minimum absolute atomic E-state index is 0.0162. The molecule has 1 unspecified atom stereocenters. The van der Waals surface area contributed by atoms with E-state index in [1.54, 1.807) is 12.1 Å². The Morgan fingerprint density at radius 1 is 1.50 bits per heavy atom. The second-order valence-electron chi connectivity index (χ2n) is 4.07. The van der Waals surface area contributed by atoms with Crippen LogP contribution in [0, 0.1) is 5.92 Å². The molecular weight excluding hydrogens is 344 g/mol. The quantitative estimate of drug-likeness (QED) is 0.779. The predicted octanol–water partition coefficient (Wildman–Crippen LogP) is 2.79. The third-order valence-electron chi connectivity index (χ3n) is 2.67. The topological polar surface area (TPSA) is 52.6 Å². The van der Waals surface area contributed by atoms with Crippen LogP contribution in [-0.4, -0.2) is 28.2 Å². The van der Waals surface area contributed by atoms with Crippen molar-refractivity contribution in [3.8, 4) is 5.75 Å². The van der Waals surface area contributed by atoms with Gasteiger partial charge < -0.3 is 9.47 Å². The number of ether oxygens (including phenoxy) is 2. The second kappa shape index (κ2) is 5.77. The van der Waals surface area contributed by atoms with Crippen LogP contribution in [0.1, 0.15) is 6.42 Å². The highest BCUT2D eigenvalue weighted by atomic mass is 79.9. The first-order valence-corrected chi connectivity index (χ1v) is 8.52. The summed E-state index contributed by atoms with van der Waals surface area (Å²) < 4.78 is 34.3.